The smallest absolute Gasteiger partial charge is 0.272 e. The number of amides is 1. The first-order valence-corrected chi connectivity index (χ1v) is 4.24. The van der Waals surface area contributed by atoms with E-state index in [4.69, 9.17) is 11.6 Å². The molecule has 4 heteroatoms. The Balaban J connectivity index is 3.08. The molecular weight excluding hydrogens is 188 g/mol. The number of hydrogen-bond acceptors (Lipinski definition) is 2. The third kappa shape index (κ3) is 2.42. The van der Waals surface area contributed by atoms with Gasteiger partial charge in [-0.2, -0.15) is 0 Å². The van der Waals surface area contributed by atoms with Crippen molar-refractivity contribution in [1.29, 1.82) is 0 Å². The molecule has 1 rings (SSSR count). The molecular formula is C9H11ClN2O. The molecule has 0 saturated heterocycles. The molecule has 1 aromatic heterocycles. The largest absolute Gasteiger partial charge is 0.343 e. The molecule has 0 N–H and O–H groups in total. The summed E-state index contributed by atoms with van der Waals surface area (Å²) in [6.07, 6.45) is 0. The molecule has 13 heavy (non-hydrogen) atoms. The molecule has 70 valence electrons. The van der Waals surface area contributed by atoms with Crippen molar-refractivity contribution in [3.63, 3.8) is 0 Å². The van der Waals surface area contributed by atoms with Gasteiger partial charge >= 0.3 is 0 Å². The fourth-order valence-electron chi connectivity index (χ4n) is 0.963. The molecule has 0 fully saturated rings. The third-order valence-electron chi connectivity index (χ3n) is 1.56. The van der Waals surface area contributed by atoms with Crippen molar-refractivity contribution in [2.24, 2.45) is 0 Å². The second-order valence-corrected chi connectivity index (χ2v) is 3.44. The Bertz CT molecular complexity index is 316. The minimum atomic E-state index is -0.134. The maximum absolute atomic E-state index is 11.5. The lowest BCUT2D eigenvalue weighted by Gasteiger charge is -2.09. The Morgan fingerprint density at radius 3 is 2.54 bits per heavy atom. The van der Waals surface area contributed by atoms with Crippen LogP contribution in [-0.2, 0) is 0 Å². The molecule has 0 saturated carbocycles. The predicted molar refractivity (Wildman–Crippen MR) is 52.0 cm³/mol. The summed E-state index contributed by atoms with van der Waals surface area (Å²) in [5, 5.41) is 0.352. The van der Waals surface area contributed by atoms with E-state index in [1.807, 2.05) is 6.92 Å². The van der Waals surface area contributed by atoms with Crippen LogP contribution in [0.2, 0.25) is 5.15 Å². The van der Waals surface area contributed by atoms with Gasteiger partial charge < -0.3 is 4.90 Å². The highest BCUT2D eigenvalue weighted by Crippen LogP contribution is 2.10. The Labute approximate surface area is 82.3 Å². The van der Waals surface area contributed by atoms with Gasteiger partial charge in [-0.05, 0) is 24.6 Å². The summed E-state index contributed by atoms with van der Waals surface area (Å²) in [7, 11) is 3.36. The predicted octanol–water partition coefficient (Wildman–Crippen LogP) is 1.75. The summed E-state index contributed by atoms with van der Waals surface area (Å²) >= 11 is 5.72. The van der Waals surface area contributed by atoms with Crippen LogP contribution in [0.25, 0.3) is 0 Å². The number of aryl methyl sites for hydroxylation is 1. The van der Waals surface area contributed by atoms with Gasteiger partial charge in [-0.25, -0.2) is 4.98 Å². The number of carbonyl (C=O) groups excluding carboxylic acids is 1. The van der Waals surface area contributed by atoms with E-state index in [0.717, 1.165) is 5.56 Å². The first-order chi connectivity index (χ1) is 6.00. The van der Waals surface area contributed by atoms with Crippen LogP contribution in [-0.4, -0.2) is 29.9 Å². The second kappa shape index (κ2) is 3.75. The molecule has 1 heterocycles. The number of hydrogen-bond donors (Lipinski definition) is 0. The summed E-state index contributed by atoms with van der Waals surface area (Å²) in [6, 6.07) is 3.43. The summed E-state index contributed by atoms with van der Waals surface area (Å²) in [5.41, 5.74) is 1.32. The molecule has 0 aliphatic rings. The molecule has 0 aliphatic carbocycles. The lowest BCUT2D eigenvalue weighted by Crippen LogP contribution is -2.22. The van der Waals surface area contributed by atoms with Crippen molar-refractivity contribution in [2.45, 2.75) is 6.92 Å². The number of halogens is 1. The Kier molecular flexibility index (Phi) is 2.88. The highest BCUT2D eigenvalue weighted by Gasteiger charge is 2.10. The summed E-state index contributed by atoms with van der Waals surface area (Å²) in [4.78, 5) is 16.9. The topological polar surface area (TPSA) is 33.2 Å². The summed E-state index contributed by atoms with van der Waals surface area (Å²) in [5.74, 6) is -0.134. The zero-order valence-electron chi connectivity index (χ0n) is 7.84. The molecule has 0 aromatic carbocycles. The quantitative estimate of drug-likeness (QED) is 0.645. The molecule has 0 spiro atoms. The zero-order chi connectivity index (χ0) is 10.0. The van der Waals surface area contributed by atoms with Gasteiger partial charge in [0, 0.05) is 14.1 Å². The van der Waals surface area contributed by atoms with E-state index in [0.29, 0.717) is 10.8 Å². The lowest BCUT2D eigenvalue weighted by atomic mass is 10.2. The maximum Gasteiger partial charge on any atom is 0.272 e. The SMILES string of the molecule is Cc1cc(Cl)nc(C(=O)N(C)C)c1. The fourth-order valence-corrected chi connectivity index (χ4v) is 1.23. The van der Waals surface area contributed by atoms with Crippen molar-refractivity contribution >= 4 is 17.5 Å². The molecule has 1 aromatic rings. The van der Waals surface area contributed by atoms with Gasteiger partial charge in [0.15, 0.2) is 0 Å². The minimum Gasteiger partial charge on any atom is -0.343 e. The van der Waals surface area contributed by atoms with Crippen molar-refractivity contribution in [1.82, 2.24) is 9.88 Å². The van der Waals surface area contributed by atoms with Crippen LogP contribution in [0.3, 0.4) is 0 Å². The first kappa shape index (κ1) is 9.99. The monoisotopic (exact) mass is 198 g/mol. The molecule has 0 bridgehead atoms. The summed E-state index contributed by atoms with van der Waals surface area (Å²) < 4.78 is 0. The molecule has 0 aliphatic heterocycles. The second-order valence-electron chi connectivity index (χ2n) is 3.05. The Hall–Kier alpha value is -1.09. The van der Waals surface area contributed by atoms with Crippen molar-refractivity contribution in [2.75, 3.05) is 14.1 Å². The van der Waals surface area contributed by atoms with Gasteiger partial charge in [-0.15, -0.1) is 0 Å². The van der Waals surface area contributed by atoms with E-state index in [-0.39, 0.29) is 5.91 Å². The average molecular weight is 199 g/mol. The van der Waals surface area contributed by atoms with E-state index < -0.39 is 0 Å². The summed E-state index contributed by atoms with van der Waals surface area (Å²) in [6.45, 7) is 1.88. The van der Waals surface area contributed by atoms with E-state index in [1.54, 1.807) is 26.2 Å². The van der Waals surface area contributed by atoms with Crippen LogP contribution < -0.4 is 0 Å². The van der Waals surface area contributed by atoms with Gasteiger partial charge in [0.25, 0.3) is 5.91 Å². The molecule has 3 nitrogen and oxygen atoms in total. The fraction of sp³-hybridized carbons (Fsp3) is 0.333. The maximum atomic E-state index is 11.5. The highest BCUT2D eigenvalue weighted by molar-refractivity contribution is 6.29. The Morgan fingerprint density at radius 2 is 2.08 bits per heavy atom. The van der Waals surface area contributed by atoms with Gasteiger partial charge in [-0.3, -0.25) is 4.79 Å². The number of pyridine rings is 1. The van der Waals surface area contributed by atoms with Crippen LogP contribution in [0.5, 0.6) is 0 Å². The average Bonchev–Trinajstić information content (AvgIpc) is 2.01. The van der Waals surface area contributed by atoms with E-state index in [1.165, 1.54) is 4.90 Å². The van der Waals surface area contributed by atoms with E-state index in [2.05, 4.69) is 4.98 Å². The van der Waals surface area contributed by atoms with Crippen LogP contribution in [0.15, 0.2) is 12.1 Å². The standard InChI is InChI=1S/C9H11ClN2O/c1-6-4-7(9(13)12(2)3)11-8(10)5-6/h4-5H,1-3H3. The number of aromatic nitrogens is 1. The third-order valence-corrected chi connectivity index (χ3v) is 1.76. The highest BCUT2D eigenvalue weighted by atomic mass is 35.5. The van der Waals surface area contributed by atoms with Crippen LogP contribution in [0, 0.1) is 6.92 Å². The van der Waals surface area contributed by atoms with Gasteiger partial charge in [0.1, 0.15) is 10.8 Å². The normalized spacial score (nSPS) is 9.85. The molecule has 0 unspecified atom stereocenters. The first-order valence-electron chi connectivity index (χ1n) is 3.86. The van der Waals surface area contributed by atoms with Crippen LogP contribution in [0.4, 0.5) is 0 Å². The Morgan fingerprint density at radius 1 is 1.46 bits per heavy atom. The molecule has 0 atom stereocenters. The lowest BCUT2D eigenvalue weighted by molar-refractivity contribution is 0.0822. The van der Waals surface area contributed by atoms with Crippen molar-refractivity contribution in [3.05, 3.63) is 28.5 Å². The van der Waals surface area contributed by atoms with Crippen LogP contribution in [0.1, 0.15) is 16.1 Å². The molecule has 0 radical (unpaired) electrons. The van der Waals surface area contributed by atoms with Crippen molar-refractivity contribution in [3.8, 4) is 0 Å². The van der Waals surface area contributed by atoms with E-state index >= 15 is 0 Å². The van der Waals surface area contributed by atoms with Crippen molar-refractivity contribution < 1.29 is 4.79 Å². The number of rotatable bonds is 1. The van der Waals surface area contributed by atoms with Gasteiger partial charge in [0.2, 0.25) is 0 Å². The van der Waals surface area contributed by atoms with Gasteiger partial charge in [-0.1, -0.05) is 11.6 Å². The number of carbonyl (C=O) groups is 1. The minimum absolute atomic E-state index is 0.134. The van der Waals surface area contributed by atoms with Gasteiger partial charge in [0.05, 0.1) is 0 Å². The van der Waals surface area contributed by atoms with E-state index in [9.17, 15) is 4.79 Å². The number of nitrogens with zero attached hydrogens (tertiary/aromatic N) is 2. The van der Waals surface area contributed by atoms with Crippen LogP contribution >= 0.6 is 11.6 Å². The zero-order valence-corrected chi connectivity index (χ0v) is 8.59. The molecule has 1 amide bonds.